The molecule has 0 aromatic heterocycles. The number of aliphatic hydroxyl groups excluding tert-OH is 1. The van der Waals surface area contributed by atoms with Gasteiger partial charge in [-0.3, -0.25) is 14.4 Å². The first-order valence-electron chi connectivity index (χ1n) is 10.7. The number of ketones is 3. The van der Waals surface area contributed by atoms with E-state index in [1.165, 1.54) is 0 Å². The van der Waals surface area contributed by atoms with Crippen molar-refractivity contribution in [3.8, 4) is 0 Å². The first-order chi connectivity index (χ1) is 13.7. The van der Waals surface area contributed by atoms with Crippen molar-refractivity contribution in [3.05, 3.63) is 46.3 Å². The van der Waals surface area contributed by atoms with Crippen molar-refractivity contribution in [1.29, 1.82) is 0 Å². The Morgan fingerprint density at radius 3 is 1.63 bits per heavy atom. The summed E-state index contributed by atoms with van der Waals surface area (Å²) in [5.74, 6) is -2.11. The summed E-state index contributed by atoms with van der Waals surface area (Å²) < 4.78 is 0. The Hall–Kier alpha value is -2.23. The van der Waals surface area contributed by atoms with E-state index in [2.05, 4.69) is 0 Å². The van der Waals surface area contributed by atoms with Gasteiger partial charge in [0.15, 0.2) is 17.3 Å². The third-order valence-corrected chi connectivity index (χ3v) is 5.76. The molecule has 1 atom stereocenters. The van der Waals surface area contributed by atoms with E-state index in [1.54, 1.807) is 20.8 Å². The lowest BCUT2D eigenvalue weighted by Gasteiger charge is -2.43. The molecule has 0 heterocycles. The van der Waals surface area contributed by atoms with E-state index in [1.807, 2.05) is 59.8 Å². The van der Waals surface area contributed by atoms with Gasteiger partial charge in [0.2, 0.25) is 0 Å². The molecule has 0 saturated carbocycles. The molecular weight excluding hydrogens is 376 g/mol. The first-order valence-corrected chi connectivity index (χ1v) is 10.7. The molecule has 0 aliphatic heterocycles. The number of aliphatic hydroxyl groups is 1. The quantitative estimate of drug-likeness (QED) is 0.290. The SMILES string of the molecule is CC(C)=CCC1(C)C(=O)C(CC=C(C)C)(CC=C(C)C)C(=O)C(C(=O)C(C)C)=C1O. The second kappa shape index (κ2) is 9.72. The van der Waals surface area contributed by atoms with Crippen LogP contribution in [-0.4, -0.2) is 22.5 Å². The fourth-order valence-electron chi connectivity index (χ4n) is 3.69. The molecule has 166 valence electrons. The third-order valence-electron chi connectivity index (χ3n) is 5.76. The Balaban J connectivity index is 3.93. The molecule has 0 fully saturated rings. The number of hydrogen-bond donors (Lipinski definition) is 1. The summed E-state index contributed by atoms with van der Waals surface area (Å²) in [6.07, 6.45) is 6.32. The predicted molar refractivity (Wildman–Crippen MR) is 122 cm³/mol. The number of Topliss-reactive ketones (excluding diaryl/α,β-unsaturated/α-hetero) is 3. The zero-order valence-corrected chi connectivity index (χ0v) is 20.1. The molecule has 1 rings (SSSR count). The summed E-state index contributed by atoms with van der Waals surface area (Å²) in [5.41, 5.74) is 0.0755. The Morgan fingerprint density at radius 2 is 1.27 bits per heavy atom. The van der Waals surface area contributed by atoms with Crippen LogP contribution in [0.5, 0.6) is 0 Å². The van der Waals surface area contributed by atoms with Gasteiger partial charge in [-0.2, -0.15) is 0 Å². The molecule has 1 aliphatic rings. The van der Waals surface area contributed by atoms with Gasteiger partial charge in [0.25, 0.3) is 0 Å². The molecular formula is C26H38O4. The largest absolute Gasteiger partial charge is 0.510 e. The second-order valence-corrected chi connectivity index (χ2v) is 9.77. The second-order valence-electron chi connectivity index (χ2n) is 9.77. The van der Waals surface area contributed by atoms with E-state index >= 15 is 0 Å². The van der Waals surface area contributed by atoms with Crippen molar-refractivity contribution in [1.82, 2.24) is 0 Å². The molecule has 0 aromatic carbocycles. The van der Waals surface area contributed by atoms with Gasteiger partial charge in [0.1, 0.15) is 16.7 Å². The van der Waals surface area contributed by atoms with Gasteiger partial charge in [-0.05, 0) is 67.7 Å². The molecule has 1 N–H and O–H groups in total. The highest BCUT2D eigenvalue weighted by molar-refractivity contribution is 6.31. The summed E-state index contributed by atoms with van der Waals surface area (Å²) in [5, 5.41) is 11.1. The summed E-state index contributed by atoms with van der Waals surface area (Å²) in [7, 11) is 0. The fourth-order valence-corrected chi connectivity index (χ4v) is 3.69. The monoisotopic (exact) mass is 414 g/mol. The van der Waals surface area contributed by atoms with Crippen molar-refractivity contribution in [2.45, 2.75) is 81.6 Å². The van der Waals surface area contributed by atoms with Gasteiger partial charge >= 0.3 is 0 Å². The fraction of sp³-hybridized carbons (Fsp3) is 0.577. The van der Waals surface area contributed by atoms with Crippen molar-refractivity contribution >= 4 is 17.3 Å². The average molecular weight is 415 g/mol. The van der Waals surface area contributed by atoms with E-state index in [0.717, 1.165) is 16.7 Å². The average Bonchev–Trinajstić information content (AvgIpc) is 2.64. The van der Waals surface area contributed by atoms with Crippen molar-refractivity contribution < 1.29 is 19.5 Å². The molecule has 4 heteroatoms. The third kappa shape index (κ3) is 5.08. The van der Waals surface area contributed by atoms with Crippen LogP contribution >= 0.6 is 0 Å². The lowest BCUT2D eigenvalue weighted by Crippen LogP contribution is -2.54. The number of rotatable bonds is 8. The number of carbonyl (C=O) groups is 3. The number of hydrogen-bond acceptors (Lipinski definition) is 4. The van der Waals surface area contributed by atoms with Crippen LogP contribution in [0.4, 0.5) is 0 Å². The van der Waals surface area contributed by atoms with Crippen LogP contribution < -0.4 is 0 Å². The van der Waals surface area contributed by atoms with Gasteiger partial charge in [-0.1, -0.05) is 48.8 Å². The Bertz CT molecular complexity index is 816. The number of allylic oxidation sites excluding steroid dienone is 8. The smallest absolute Gasteiger partial charge is 0.184 e. The Labute approximate surface area is 181 Å². The lowest BCUT2D eigenvalue weighted by molar-refractivity contribution is -0.148. The van der Waals surface area contributed by atoms with Crippen LogP contribution in [0.25, 0.3) is 0 Å². The maximum Gasteiger partial charge on any atom is 0.184 e. The van der Waals surface area contributed by atoms with E-state index in [-0.39, 0.29) is 36.4 Å². The van der Waals surface area contributed by atoms with Gasteiger partial charge < -0.3 is 5.11 Å². The molecule has 0 radical (unpaired) electrons. The van der Waals surface area contributed by atoms with Crippen LogP contribution in [0.15, 0.2) is 46.3 Å². The summed E-state index contributed by atoms with van der Waals surface area (Å²) in [6.45, 7) is 16.6. The lowest BCUT2D eigenvalue weighted by atomic mass is 9.56. The van der Waals surface area contributed by atoms with Crippen molar-refractivity contribution in [2.24, 2.45) is 16.7 Å². The van der Waals surface area contributed by atoms with E-state index in [0.29, 0.717) is 0 Å². The van der Waals surface area contributed by atoms with Crippen LogP contribution in [0.1, 0.15) is 81.6 Å². The molecule has 1 aliphatic carbocycles. The standard InChI is InChI=1S/C26H38O4/c1-16(2)10-13-25(9)22(28)20(21(27)19(7)8)23(29)26(24(25)30,14-11-17(3)4)15-12-18(5)6/h10-12,19,28H,13-15H2,1-9H3. The zero-order valence-electron chi connectivity index (χ0n) is 20.1. The molecule has 0 saturated heterocycles. The molecule has 4 nitrogen and oxygen atoms in total. The first kappa shape index (κ1) is 25.8. The van der Waals surface area contributed by atoms with Crippen LogP contribution in [-0.2, 0) is 14.4 Å². The highest BCUT2D eigenvalue weighted by atomic mass is 16.3. The minimum Gasteiger partial charge on any atom is -0.510 e. The van der Waals surface area contributed by atoms with Crippen molar-refractivity contribution in [3.63, 3.8) is 0 Å². The molecule has 30 heavy (non-hydrogen) atoms. The van der Waals surface area contributed by atoms with Gasteiger partial charge in [0, 0.05) is 5.92 Å². The molecule has 0 aromatic rings. The van der Waals surface area contributed by atoms with Gasteiger partial charge in [-0.15, -0.1) is 0 Å². The van der Waals surface area contributed by atoms with Crippen LogP contribution in [0, 0.1) is 16.7 Å². The maximum atomic E-state index is 14.0. The normalized spacial score (nSPS) is 20.9. The van der Waals surface area contributed by atoms with E-state index in [9.17, 15) is 19.5 Å². The Morgan fingerprint density at radius 1 is 0.867 bits per heavy atom. The highest BCUT2D eigenvalue weighted by Gasteiger charge is 2.59. The van der Waals surface area contributed by atoms with Gasteiger partial charge in [0.05, 0.1) is 5.41 Å². The summed E-state index contributed by atoms with van der Waals surface area (Å²) >= 11 is 0. The number of carbonyl (C=O) groups excluding carboxylic acids is 3. The minimum atomic E-state index is -1.40. The molecule has 0 amide bonds. The van der Waals surface area contributed by atoms with Gasteiger partial charge in [-0.25, -0.2) is 0 Å². The van der Waals surface area contributed by atoms with E-state index in [4.69, 9.17) is 0 Å². The highest BCUT2D eigenvalue weighted by Crippen LogP contribution is 2.50. The minimum absolute atomic E-state index is 0.196. The van der Waals surface area contributed by atoms with Crippen LogP contribution in [0.3, 0.4) is 0 Å². The topological polar surface area (TPSA) is 71.4 Å². The molecule has 0 bridgehead atoms. The van der Waals surface area contributed by atoms with Crippen molar-refractivity contribution in [2.75, 3.05) is 0 Å². The maximum absolute atomic E-state index is 14.0. The van der Waals surface area contributed by atoms with Crippen LogP contribution in [0.2, 0.25) is 0 Å². The summed E-state index contributed by atoms with van der Waals surface area (Å²) in [4.78, 5) is 40.7. The zero-order chi connectivity index (χ0) is 23.4. The summed E-state index contributed by atoms with van der Waals surface area (Å²) in [6, 6.07) is 0. The predicted octanol–water partition coefficient (Wildman–Crippen LogP) is 6.24. The molecule has 1 unspecified atom stereocenters. The van der Waals surface area contributed by atoms with E-state index < -0.39 is 28.3 Å². The molecule has 0 spiro atoms. The Kier molecular flexibility index (Phi) is 8.36.